The van der Waals surface area contributed by atoms with E-state index in [0.29, 0.717) is 24.7 Å². The molecule has 0 bridgehead atoms. The monoisotopic (exact) mass is 292 g/mol. The first-order valence-corrected chi connectivity index (χ1v) is 7.32. The van der Waals surface area contributed by atoms with Crippen LogP contribution in [0.4, 0.5) is 10.5 Å². The molecule has 0 heterocycles. The molecule has 1 unspecified atom stereocenters. The van der Waals surface area contributed by atoms with Gasteiger partial charge in [-0.1, -0.05) is 38.5 Å². The standard InChI is InChI=1S/C16H24N2O3/c1-4-13(3)11-17(5-2)16(21)18(12-15(19)20)14-9-7-6-8-10-14/h6-10,13H,4-5,11-12H2,1-3H3,(H,19,20). The van der Waals surface area contributed by atoms with E-state index in [0.717, 1.165) is 6.42 Å². The highest BCUT2D eigenvalue weighted by molar-refractivity contribution is 5.96. The molecule has 2 amide bonds. The highest BCUT2D eigenvalue weighted by Gasteiger charge is 2.24. The summed E-state index contributed by atoms with van der Waals surface area (Å²) in [5.74, 6) is -0.636. The summed E-state index contributed by atoms with van der Waals surface area (Å²) in [6.07, 6.45) is 0.980. The number of amides is 2. The van der Waals surface area contributed by atoms with E-state index in [9.17, 15) is 9.59 Å². The number of rotatable bonds is 7. The third-order valence-corrected chi connectivity index (χ3v) is 3.47. The molecule has 0 fully saturated rings. The number of urea groups is 1. The van der Waals surface area contributed by atoms with Gasteiger partial charge in [-0.3, -0.25) is 9.69 Å². The maximum Gasteiger partial charge on any atom is 0.325 e. The van der Waals surface area contributed by atoms with E-state index < -0.39 is 5.97 Å². The molecule has 116 valence electrons. The Morgan fingerprint density at radius 1 is 1.19 bits per heavy atom. The lowest BCUT2D eigenvalue weighted by molar-refractivity contribution is -0.135. The second-order valence-corrected chi connectivity index (χ2v) is 5.15. The summed E-state index contributed by atoms with van der Waals surface area (Å²) in [5.41, 5.74) is 0.604. The van der Waals surface area contributed by atoms with Crippen LogP contribution in [-0.4, -0.2) is 41.6 Å². The van der Waals surface area contributed by atoms with Crippen LogP contribution in [0.3, 0.4) is 0 Å². The number of benzene rings is 1. The van der Waals surface area contributed by atoms with Crippen molar-refractivity contribution in [3.8, 4) is 0 Å². The normalized spacial score (nSPS) is 11.8. The molecular formula is C16H24N2O3. The lowest BCUT2D eigenvalue weighted by atomic mass is 10.1. The lowest BCUT2D eigenvalue weighted by Gasteiger charge is -2.30. The fourth-order valence-corrected chi connectivity index (χ4v) is 2.03. The van der Waals surface area contributed by atoms with Gasteiger partial charge in [0.15, 0.2) is 0 Å². The molecular weight excluding hydrogens is 268 g/mol. The van der Waals surface area contributed by atoms with Crippen molar-refractivity contribution in [3.05, 3.63) is 30.3 Å². The van der Waals surface area contributed by atoms with Crippen LogP contribution in [0.25, 0.3) is 0 Å². The number of carbonyl (C=O) groups is 2. The predicted octanol–water partition coefficient (Wildman–Crippen LogP) is 3.07. The Balaban J connectivity index is 2.96. The van der Waals surface area contributed by atoms with E-state index in [4.69, 9.17) is 5.11 Å². The molecule has 0 aliphatic carbocycles. The third kappa shape index (κ3) is 5.10. The van der Waals surface area contributed by atoms with Crippen LogP contribution in [0.5, 0.6) is 0 Å². The second-order valence-electron chi connectivity index (χ2n) is 5.15. The van der Waals surface area contributed by atoms with Gasteiger partial charge in [0.05, 0.1) is 0 Å². The van der Waals surface area contributed by atoms with Crippen LogP contribution in [0.1, 0.15) is 27.2 Å². The van der Waals surface area contributed by atoms with E-state index in [2.05, 4.69) is 13.8 Å². The van der Waals surface area contributed by atoms with Crippen molar-refractivity contribution in [2.24, 2.45) is 5.92 Å². The van der Waals surface area contributed by atoms with Gasteiger partial charge in [0.2, 0.25) is 0 Å². The molecule has 5 nitrogen and oxygen atoms in total. The minimum absolute atomic E-state index is 0.258. The fourth-order valence-electron chi connectivity index (χ4n) is 2.03. The van der Waals surface area contributed by atoms with Crippen LogP contribution in [0, 0.1) is 5.92 Å². The van der Waals surface area contributed by atoms with Crippen molar-refractivity contribution < 1.29 is 14.7 Å². The van der Waals surface area contributed by atoms with Crippen LogP contribution in [0.2, 0.25) is 0 Å². The molecule has 0 aromatic heterocycles. The van der Waals surface area contributed by atoms with Gasteiger partial charge < -0.3 is 10.0 Å². The maximum absolute atomic E-state index is 12.7. The summed E-state index contributed by atoms with van der Waals surface area (Å²) in [5, 5.41) is 9.06. The zero-order valence-electron chi connectivity index (χ0n) is 13.0. The Kier molecular flexibility index (Phi) is 6.72. The van der Waals surface area contributed by atoms with Crippen LogP contribution >= 0.6 is 0 Å². The lowest BCUT2D eigenvalue weighted by Crippen LogP contribution is -2.47. The summed E-state index contributed by atoms with van der Waals surface area (Å²) < 4.78 is 0. The maximum atomic E-state index is 12.7. The summed E-state index contributed by atoms with van der Waals surface area (Å²) in [4.78, 5) is 26.7. The molecule has 5 heteroatoms. The number of aliphatic carboxylic acids is 1. The van der Waals surface area contributed by atoms with Crippen molar-refractivity contribution in [1.29, 1.82) is 0 Å². The Labute approximate surface area is 126 Å². The van der Waals surface area contributed by atoms with Crippen molar-refractivity contribution in [2.75, 3.05) is 24.5 Å². The SMILES string of the molecule is CCC(C)CN(CC)C(=O)N(CC(=O)O)c1ccccc1. The first kappa shape index (κ1) is 17.0. The predicted molar refractivity (Wildman–Crippen MR) is 83.5 cm³/mol. The Hall–Kier alpha value is -2.04. The van der Waals surface area contributed by atoms with Crippen molar-refractivity contribution in [2.45, 2.75) is 27.2 Å². The number of carboxylic acids is 1. The van der Waals surface area contributed by atoms with Crippen LogP contribution < -0.4 is 4.90 Å². The minimum Gasteiger partial charge on any atom is -0.480 e. The number of nitrogens with zero attached hydrogens (tertiary/aromatic N) is 2. The third-order valence-electron chi connectivity index (χ3n) is 3.47. The molecule has 0 spiro atoms. The molecule has 1 rings (SSSR count). The molecule has 0 radical (unpaired) electrons. The number of para-hydroxylation sites is 1. The van der Waals surface area contributed by atoms with Crippen molar-refractivity contribution in [1.82, 2.24) is 4.90 Å². The highest BCUT2D eigenvalue weighted by Crippen LogP contribution is 2.16. The summed E-state index contributed by atoms with van der Waals surface area (Å²) in [6.45, 7) is 6.93. The number of anilines is 1. The van der Waals surface area contributed by atoms with Gasteiger partial charge >= 0.3 is 12.0 Å². The van der Waals surface area contributed by atoms with Gasteiger partial charge in [0.25, 0.3) is 0 Å². The van der Waals surface area contributed by atoms with Gasteiger partial charge in [-0.25, -0.2) is 4.79 Å². The molecule has 0 saturated heterocycles. The van der Waals surface area contributed by atoms with Gasteiger partial charge in [-0.2, -0.15) is 0 Å². The zero-order valence-corrected chi connectivity index (χ0v) is 13.0. The summed E-state index contributed by atoms with van der Waals surface area (Å²) in [6, 6.07) is 8.66. The number of carbonyl (C=O) groups excluding carboxylic acids is 1. The Morgan fingerprint density at radius 3 is 2.29 bits per heavy atom. The highest BCUT2D eigenvalue weighted by atomic mass is 16.4. The van der Waals surface area contributed by atoms with E-state index in [1.54, 1.807) is 29.2 Å². The topological polar surface area (TPSA) is 60.9 Å². The van der Waals surface area contributed by atoms with Crippen molar-refractivity contribution in [3.63, 3.8) is 0 Å². The van der Waals surface area contributed by atoms with Gasteiger partial charge in [0.1, 0.15) is 6.54 Å². The molecule has 0 aliphatic heterocycles. The van der Waals surface area contributed by atoms with Crippen LogP contribution in [-0.2, 0) is 4.79 Å². The Morgan fingerprint density at radius 2 is 1.81 bits per heavy atom. The molecule has 1 atom stereocenters. The van der Waals surface area contributed by atoms with E-state index in [-0.39, 0.29) is 12.6 Å². The molecule has 0 aliphatic rings. The zero-order chi connectivity index (χ0) is 15.8. The molecule has 1 aromatic rings. The van der Waals surface area contributed by atoms with E-state index >= 15 is 0 Å². The fraction of sp³-hybridized carbons (Fsp3) is 0.500. The largest absolute Gasteiger partial charge is 0.480 e. The Bertz CT molecular complexity index is 462. The van der Waals surface area contributed by atoms with E-state index in [1.807, 2.05) is 13.0 Å². The number of hydrogen-bond acceptors (Lipinski definition) is 2. The first-order valence-electron chi connectivity index (χ1n) is 7.32. The minimum atomic E-state index is -1.02. The average molecular weight is 292 g/mol. The van der Waals surface area contributed by atoms with Gasteiger partial charge in [-0.15, -0.1) is 0 Å². The van der Waals surface area contributed by atoms with E-state index in [1.165, 1.54) is 4.90 Å². The summed E-state index contributed by atoms with van der Waals surface area (Å²) >= 11 is 0. The number of carboxylic acid groups (broad SMARTS) is 1. The molecule has 21 heavy (non-hydrogen) atoms. The second kappa shape index (κ2) is 8.29. The van der Waals surface area contributed by atoms with Gasteiger partial charge in [0, 0.05) is 18.8 Å². The average Bonchev–Trinajstić information content (AvgIpc) is 2.50. The smallest absolute Gasteiger partial charge is 0.325 e. The molecule has 1 N–H and O–H groups in total. The quantitative estimate of drug-likeness (QED) is 0.840. The van der Waals surface area contributed by atoms with Crippen LogP contribution in [0.15, 0.2) is 30.3 Å². The molecule has 1 aromatic carbocycles. The number of hydrogen-bond donors (Lipinski definition) is 1. The summed E-state index contributed by atoms with van der Waals surface area (Å²) in [7, 11) is 0. The first-order chi connectivity index (χ1) is 9.99. The van der Waals surface area contributed by atoms with Gasteiger partial charge in [-0.05, 0) is 25.0 Å². The molecule has 0 saturated carbocycles. The van der Waals surface area contributed by atoms with Crippen molar-refractivity contribution >= 4 is 17.7 Å².